The number of hydrogen-bond donors (Lipinski definition) is 1. The maximum Gasteiger partial charge on any atom is 0.419 e. The highest BCUT2D eigenvalue weighted by Gasteiger charge is 2.08. The second kappa shape index (κ2) is 6.40. The van der Waals surface area contributed by atoms with Crippen LogP contribution in [0.4, 0.5) is 5.69 Å². The average molecular weight is 266 g/mol. The Morgan fingerprint density at radius 2 is 2.16 bits per heavy atom. The van der Waals surface area contributed by atoms with E-state index in [1.807, 2.05) is 0 Å². The molecule has 6 nitrogen and oxygen atoms in total. The van der Waals surface area contributed by atoms with Gasteiger partial charge in [-0.25, -0.2) is 4.79 Å². The molecule has 19 heavy (non-hydrogen) atoms. The van der Waals surface area contributed by atoms with Crippen LogP contribution in [-0.4, -0.2) is 31.5 Å². The van der Waals surface area contributed by atoms with E-state index in [9.17, 15) is 4.79 Å². The van der Waals surface area contributed by atoms with Crippen molar-refractivity contribution in [3.8, 4) is 0 Å². The number of rotatable bonds is 7. The van der Waals surface area contributed by atoms with E-state index < -0.39 is 0 Å². The normalized spacial score (nSPS) is 11.2. The largest absolute Gasteiger partial charge is 0.419 e. The first-order chi connectivity index (χ1) is 9.22. The van der Waals surface area contributed by atoms with Crippen molar-refractivity contribution in [3.63, 3.8) is 0 Å². The minimum absolute atomic E-state index is 0.363. The van der Waals surface area contributed by atoms with E-state index in [4.69, 9.17) is 19.6 Å². The number of anilines is 1. The van der Waals surface area contributed by atoms with E-state index in [-0.39, 0.29) is 5.76 Å². The zero-order valence-electron chi connectivity index (χ0n) is 10.9. The number of benzene rings is 1. The summed E-state index contributed by atoms with van der Waals surface area (Å²) in [5, 5.41) is 0. The number of aromatic nitrogens is 1. The van der Waals surface area contributed by atoms with Crippen LogP contribution in [0.15, 0.2) is 27.4 Å². The molecule has 2 rings (SSSR count). The van der Waals surface area contributed by atoms with Crippen molar-refractivity contribution in [2.24, 2.45) is 0 Å². The lowest BCUT2D eigenvalue weighted by Crippen LogP contribution is -2.15. The molecule has 0 aliphatic heterocycles. The fourth-order valence-corrected chi connectivity index (χ4v) is 1.86. The number of ether oxygens (including phenoxy) is 2. The molecule has 0 unspecified atom stereocenters. The fraction of sp³-hybridized carbons (Fsp3) is 0.462. The summed E-state index contributed by atoms with van der Waals surface area (Å²) in [6, 6.07) is 5.16. The molecule has 2 N–H and O–H groups in total. The van der Waals surface area contributed by atoms with Gasteiger partial charge in [0.05, 0.1) is 18.7 Å². The smallest absolute Gasteiger partial charge is 0.408 e. The number of oxazole rings is 1. The summed E-state index contributed by atoms with van der Waals surface area (Å²) < 4.78 is 16.9. The second-order valence-electron chi connectivity index (χ2n) is 4.21. The zero-order chi connectivity index (χ0) is 13.7. The first-order valence-corrected chi connectivity index (χ1v) is 6.18. The zero-order valence-corrected chi connectivity index (χ0v) is 10.9. The molecule has 0 radical (unpaired) electrons. The molecule has 1 heterocycles. The Labute approximate surface area is 110 Å². The van der Waals surface area contributed by atoms with Gasteiger partial charge in [0.2, 0.25) is 0 Å². The van der Waals surface area contributed by atoms with Gasteiger partial charge in [-0.15, -0.1) is 0 Å². The summed E-state index contributed by atoms with van der Waals surface area (Å²) in [5.41, 5.74) is 7.60. The van der Waals surface area contributed by atoms with Gasteiger partial charge in [-0.1, -0.05) is 0 Å². The summed E-state index contributed by atoms with van der Waals surface area (Å²) in [5.74, 6) is -0.363. The molecule has 1 aromatic heterocycles. The Morgan fingerprint density at radius 1 is 1.32 bits per heavy atom. The molecular formula is C13H18N2O4. The van der Waals surface area contributed by atoms with Crippen LogP contribution >= 0.6 is 0 Å². The van der Waals surface area contributed by atoms with Gasteiger partial charge in [0, 0.05) is 25.9 Å². The Kier molecular flexibility index (Phi) is 4.59. The van der Waals surface area contributed by atoms with Crippen molar-refractivity contribution >= 4 is 16.8 Å². The lowest BCUT2D eigenvalue weighted by atomic mass is 10.3. The maximum atomic E-state index is 11.7. The van der Waals surface area contributed by atoms with Crippen molar-refractivity contribution in [1.82, 2.24) is 4.57 Å². The topological polar surface area (TPSA) is 79.6 Å². The molecule has 0 amide bonds. The highest BCUT2D eigenvalue weighted by Crippen LogP contribution is 2.16. The molecule has 0 aliphatic rings. The van der Waals surface area contributed by atoms with Crippen LogP contribution in [0, 0.1) is 0 Å². The van der Waals surface area contributed by atoms with Gasteiger partial charge in [-0.05, 0) is 24.6 Å². The highest BCUT2D eigenvalue weighted by atomic mass is 16.5. The van der Waals surface area contributed by atoms with E-state index in [0.29, 0.717) is 37.6 Å². The molecule has 0 fully saturated rings. The van der Waals surface area contributed by atoms with Crippen molar-refractivity contribution in [2.75, 3.05) is 32.7 Å². The van der Waals surface area contributed by atoms with E-state index in [1.54, 1.807) is 29.9 Å². The third kappa shape index (κ3) is 3.36. The van der Waals surface area contributed by atoms with E-state index >= 15 is 0 Å². The molecular weight excluding hydrogens is 248 g/mol. The Morgan fingerprint density at radius 3 is 2.95 bits per heavy atom. The van der Waals surface area contributed by atoms with Gasteiger partial charge in [0.25, 0.3) is 0 Å². The van der Waals surface area contributed by atoms with E-state index in [2.05, 4.69) is 0 Å². The summed E-state index contributed by atoms with van der Waals surface area (Å²) in [4.78, 5) is 11.7. The standard InChI is InChI=1S/C13H18N2O4/c1-17-7-8-18-6-2-5-15-11-9-10(14)3-4-12(11)19-13(15)16/h3-4,9H,2,5-8,14H2,1H3. The molecule has 1 aromatic carbocycles. The highest BCUT2D eigenvalue weighted by molar-refractivity contribution is 5.76. The van der Waals surface area contributed by atoms with Crippen LogP contribution in [0.3, 0.4) is 0 Å². The molecule has 0 aliphatic carbocycles. The average Bonchev–Trinajstić information content (AvgIpc) is 2.69. The molecule has 0 saturated carbocycles. The Bertz CT molecular complexity index is 588. The lowest BCUT2D eigenvalue weighted by Gasteiger charge is -2.04. The Balaban J connectivity index is 1.98. The molecule has 2 aromatic rings. The van der Waals surface area contributed by atoms with Gasteiger partial charge in [-0.3, -0.25) is 4.57 Å². The predicted octanol–water partition coefficient (Wildman–Crippen LogP) is 1.23. The van der Waals surface area contributed by atoms with Gasteiger partial charge < -0.3 is 19.6 Å². The second-order valence-corrected chi connectivity index (χ2v) is 4.21. The van der Waals surface area contributed by atoms with Crippen LogP contribution in [0.2, 0.25) is 0 Å². The summed E-state index contributed by atoms with van der Waals surface area (Å²) >= 11 is 0. The molecule has 0 saturated heterocycles. The minimum atomic E-state index is -0.363. The monoisotopic (exact) mass is 266 g/mol. The van der Waals surface area contributed by atoms with Crippen molar-refractivity contribution in [3.05, 3.63) is 28.7 Å². The third-order valence-corrected chi connectivity index (χ3v) is 2.79. The minimum Gasteiger partial charge on any atom is -0.408 e. The number of nitrogen functional groups attached to an aromatic ring is 1. The molecule has 0 atom stereocenters. The van der Waals surface area contributed by atoms with Crippen molar-refractivity contribution in [1.29, 1.82) is 0 Å². The maximum absolute atomic E-state index is 11.7. The quantitative estimate of drug-likeness (QED) is 0.602. The van der Waals surface area contributed by atoms with Crippen LogP contribution in [0.1, 0.15) is 6.42 Å². The lowest BCUT2D eigenvalue weighted by molar-refractivity contribution is 0.0679. The van der Waals surface area contributed by atoms with E-state index in [1.165, 1.54) is 0 Å². The fourth-order valence-electron chi connectivity index (χ4n) is 1.86. The molecule has 0 spiro atoms. The van der Waals surface area contributed by atoms with Gasteiger partial charge in [0.15, 0.2) is 5.58 Å². The number of aryl methyl sites for hydroxylation is 1. The van der Waals surface area contributed by atoms with Crippen molar-refractivity contribution in [2.45, 2.75) is 13.0 Å². The first kappa shape index (κ1) is 13.6. The van der Waals surface area contributed by atoms with E-state index in [0.717, 1.165) is 11.9 Å². The Hall–Kier alpha value is -1.79. The number of fused-ring (bicyclic) bond motifs is 1. The molecule has 104 valence electrons. The molecule has 0 bridgehead atoms. The van der Waals surface area contributed by atoms with Crippen molar-refractivity contribution < 1.29 is 13.9 Å². The van der Waals surface area contributed by atoms with Crippen LogP contribution in [-0.2, 0) is 16.0 Å². The number of methoxy groups -OCH3 is 1. The van der Waals surface area contributed by atoms with Crippen LogP contribution in [0.25, 0.3) is 11.1 Å². The number of nitrogens with two attached hydrogens (primary N) is 1. The van der Waals surface area contributed by atoms with Gasteiger partial charge >= 0.3 is 5.76 Å². The molecule has 6 heteroatoms. The summed E-state index contributed by atoms with van der Waals surface area (Å²) in [7, 11) is 1.63. The third-order valence-electron chi connectivity index (χ3n) is 2.79. The van der Waals surface area contributed by atoms with Crippen LogP contribution < -0.4 is 11.5 Å². The first-order valence-electron chi connectivity index (χ1n) is 6.18. The summed E-state index contributed by atoms with van der Waals surface area (Å²) in [6.45, 7) is 2.25. The SMILES string of the molecule is COCCOCCCn1c(=O)oc2ccc(N)cc21. The van der Waals surface area contributed by atoms with Gasteiger partial charge in [0.1, 0.15) is 0 Å². The predicted molar refractivity (Wildman–Crippen MR) is 72.2 cm³/mol. The number of nitrogens with zero attached hydrogens (tertiary/aromatic N) is 1. The van der Waals surface area contributed by atoms with Crippen LogP contribution in [0.5, 0.6) is 0 Å². The summed E-state index contributed by atoms with van der Waals surface area (Å²) in [6.07, 6.45) is 0.729. The van der Waals surface area contributed by atoms with Gasteiger partial charge in [-0.2, -0.15) is 0 Å². The number of hydrogen-bond acceptors (Lipinski definition) is 5.